The molecule has 0 fully saturated rings. The van der Waals surface area contributed by atoms with Gasteiger partial charge in [0.2, 0.25) is 5.88 Å². The zero-order valence-electron chi connectivity index (χ0n) is 11.7. The van der Waals surface area contributed by atoms with Gasteiger partial charge in [0.1, 0.15) is 5.01 Å². The number of hydrogen-bond acceptors (Lipinski definition) is 6. The first-order valence-electron chi connectivity index (χ1n) is 6.61. The first kappa shape index (κ1) is 14.7. The molecule has 22 heavy (non-hydrogen) atoms. The average molecular weight is 332 g/mol. The fourth-order valence-electron chi connectivity index (χ4n) is 1.96. The van der Waals surface area contributed by atoms with Crippen molar-refractivity contribution in [1.29, 1.82) is 0 Å². The molecule has 0 aliphatic rings. The predicted octanol–water partition coefficient (Wildman–Crippen LogP) is 4.85. The second-order valence-corrected chi connectivity index (χ2v) is 6.31. The number of hydrogen-bond donors (Lipinski definition) is 0. The highest BCUT2D eigenvalue weighted by molar-refractivity contribution is 7.23. The Morgan fingerprint density at radius 2 is 2.05 bits per heavy atom. The van der Waals surface area contributed by atoms with Gasteiger partial charge in [-0.25, -0.2) is 4.98 Å². The van der Waals surface area contributed by atoms with Crippen molar-refractivity contribution in [3.05, 3.63) is 51.9 Å². The lowest BCUT2D eigenvalue weighted by molar-refractivity contribution is -0.384. The zero-order valence-corrected chi connectivity index (χ0v) is 13.3. The summed E-state index contributed by atoms with van der Waals surface area (Å²) in [6.45, 7) is 2.43. The third-order valence-corrected chi connectivity index (χ3v) is 5.07. The molecule has 0 unspecified atom stereocenters. The molecular formula is C15H12N2O3S2. The number of nitrogens with zero attached hydrogens (tertiary/aromatic N) is 2. The molecule has 2 aromatic heterocycles. The highest BCUT2D eigenvalue weighted by Gasteiger charge is 2.17. The van der Waals surface area contributed by atoms with E-state index >= 15 is 0 Å². The van der Waals surface area contributed by atoms with Crippen LogP contribution >= 0.6 is 22.7 Å². The molecule has 0 atom stereocenters. The average Bonchev–Trinajstić information content (AvgIpc) is 3.16. The van der Waals surface area contributed by atoms with E-state index in [2.05, 4.69) is 4.98 Å². The molecule has 0 aliphatic carbocycles. The Hall–Kier alpha value is -2.25. The summed E-state index contributed by atoms with van der Waals surface area (Å²) >= 11 is 3.15. The molecule has 0 saturated heterocycles. The number of ether oxygens (including phenoxy) is 1. The predicted molar refractivity (Wildman–Crippen MR) is 88.7 cm³/mol. The summed E-state index contributed by atoms with van der Waals surface area (Å²) in [5, 5.41) is 13.6. The van der Waals surface area contributed by atoms with Gasteiger partial charge < -0.3 is 4.74 Å². The minimum Gasteiger partial charge on any atom is -0.477 e. The molecule has 2 heterocycles. The molecule has 1 aromatic carbocycles. The van der Waals surface area contributed by atoms with Crippen molar-refractivity contribution < 1.29 is 9.66 Å². The van der Waals surface area contributed by atoms with Crippen molar-refractivity contribution in [1.82, 2.24) is 4.98 Å². The molecule has 7 heteroatoms. The van der Waals surface area contributed by atoms with Gasteiger partial charge in [-0.1, -0.05) is 6.07 Å². The second kappa shape index (κ2) is 6.25. The van der Waals surface area contributed by atoms with E-state index in [4.69, 9.17) is 4.74 Å². The molecule has 0 saturated carbocycles. The van der Waals surface area contributed by atoms with E-state index in [0.29, 0.717) is 12.5 Å². The maximum atomic E-state index is 10.8. The lowest BCUT2D eigenvalue weighted by Crippen LogP contribution is -1.93. The Morgan fingerprint density at radius 3 is 2.64 bits per heavy atom. The van der Waals surface area contributed by atoms with Crippen molar-refractivity contribution in [2.75, 3.05) is 6.61 Å². The summed E-state index contributed by atoms with van der Waals surface area (Å²) in [6, 6.07) is 10.4. The summed E-state index contributed by atoms with van der Waals surface area (Å²) in [5.74, 6) is 0.574. The van der Waals surface area contributed by atoms with Crippen LogP contribution in [0.2, 0.25) is 0 Å². The maximum absolute atomic E-state index is 10.8. The summed E-state index contributed by atoms with van der Waals surface area (Å²) in [6.07, 6.45) is 0. The number of aromatic nitrogens is 1. The molecule has 0 aliphatic heterocycles. The standard InChI is InChI=1S/C15H12N2O3S2/c1-2-20-14-13(10-5-7-11(8-6-10)17(18)19)22-15(16-14)12-4-3-9-21-12/h3-9H,2H2,1H3. The van der Waals surface area contributed by atoms with Gasteiger partial charge in [-0.2, -0.15) is 0 Å². The number of rotatable bonds is 5. The first-order valence-corrected chi connectivity index (χ1v) is 8.31. The second-order valence-electron chi connectivity index (χ2n) is 4.37. The minimum atomic E-state index is -0.406. The first-order chi connectivity index (χ1) is 10.7. The number of nitro benzene ring substituents is 1. The zero-order chi connectivity index (χ0) is 15.5. The van der Waals surface area contributed by atoms with Crippen molar-refractivity contribution in [3.8, 4) is 26.2 Å². The molecule has 0 spiro atoms. The van der Waals surface area contributed by atoms with Gasteiger partial charge >= 0.3 is 0 Å². The fraction of sp³-hybridized carbons (Fsp3) is 0.133. The normalized spacial score (nSPS) is 10.6. The maximum Gasteiger partial charge on any atom is 0.269 e. The largest absolute Gasteiger partial charge is 0.477 e. The van der Waals surface area contributed by atoms with Crippen LogP contribution in [0.3, 0.4) is 0 Å². The monoisotopic (exact) mass is 332 g/mol. The molecule has 3 aromatic rings. The van der Waals surface area contributed by atoms with Gasteiger partial charge in [-0.15, -0.1) is 22.7 Å². The smallest absolute Gasteiger partial charge is 0.269 e. The number of benzene rings is 1. The highest BCUT2D eigenvalue weighted by atomic mass is 32.1. The Labute approximate surface area is 135 Å². The third-order valence-electron chi connectivity index (χ3n) is 2.95. The minimum absolute atomic E-state index is 0.0738. The van der Waals surface area contributed by atoms with Crippen LogP contribution in [0.4, 0.5) is 5.69 Å². The van der Waals surface area contributed by atoms with Crippen LogP contribution in [0.25, 0.3) is 20.3 Å². The van der Waals surface area contributed by atoms with Crippen LogP contribution < -0.4 is 4.74 Å². The molecule has 0 amide bonds. The Balaban J connectivity index is 2.02. The number of thiophene rings is 1. The van der Waals surface area contributed by atoms with Gasteiger partial charge in [0, 0.05) is 12.1 Å². The van der Waals surface area contributed by atoms with Crippen molar-refractivity contribution >= 4 is 28.4 Å². The van der Waals surface area contributed by atoms with Crippen LogP contribution in [-0.2, 0) is 0 Å². The summed E-state index contributed by atoms with van der Waals surface area (Å²) < 4.78 is 5.62. The molecule has 112 valence electrons. The van der Waals surface area contributed by atoms with Crippen molar-refractivity contribution in [2.24, 2.45) is 0 Å². The Kier molecular flexibility index (Phi) is 4.17. The van der Waals surface area contributed by atoms with Crippen molar-refractivity contribution in [3.63, 3.8) is 0 Å². The number of nitro groups is 1. The van der Waals surface area contributed by atoms with Crippen molar-refractivity contribution in [2.45, 2.75) is 6.92 Å². The summed E-state index contributed by atoms with van der Waals surface area (Å²) in [5.41, 5.74) is 0.944. The molecule has 3 rings (SSSR count). The number of non-ortho nitro benzene ring substituents is 1. The van der Waals surface area contributed by atoms with Crippen LogP contribution in [0.1, 0.15) is 6.92 Å². The topological polar surface area (TPSA) is 65.3 Å². The molecular weight excluding hydrogens is 320 g/mol. The van der Waals surface area contributed by atoms with Crippen LogP contribution in [-0.4, -0.2) is 16.5 Å². The third kappa shape index (κ3) is 2.86. The summed E-state index contributed by atoms with van der Waals surface area (Å²) in [4.78, 5) is 16.9. The Morgan fingerprint density at radius 1 is 1.27 bits per heavy atom. The lowest BCUT2D eigenvalue weighted by atomic mass is 10.2. The van der Waals surface area contributed by atoms with E-state index in [0.717, 1.165) is 20.3 Å². The molecule has 5 nitrogen and oxygen atoms in total. The van der Waals surface area contributed by atoms with E-state index < -0.39 is 4.92 Å². The van der Waals surface area contributed by atoms with Gasteiger partial charge in [-0.3, -0.25) is 10.1 Å². The SMILES string of the molecule is CCOc1nc(-c2cccs2)sc1-c1ccc([N+](=O)[O-])cc1. The quantitative estimate of drug-likeness (QED) is 0.495. The van der Waals surface area contributed by atoms with E-state index in [1.807, 2.05) is 24.4 Å². The van der Waals surface area contributed by atoms with E-state index in [-0.39, 0.29) is 5.69 Å². The van der Waals surface area contributed by atoms with Crippen LogP contribution in [0.5, 0.6) is 5.88 Å². The lowest BCUT2D eigenvalue weighted by Gasteiger charge is -2.02. The molecule has 0 N–H and O–H groups in total. The highest BCUT2D eigenvalue weighted by Crippen LogP contribution is 2.41. The molecule has 0 radical (unpaired) electrons. The summed E-state index contributed by atoms with van der Waals surface area (Å²) in [7, 11) is 0. The van der Waals surface area contributed by atoms with E-state index in [9.17, 15) is 10.1 Å². The van der Waals surface area contributed by atoms with Crippen LogP contribution in [0, 0.1) is 10.1 Å². The van der Waals surface area contributed by atoms with Gasteiger partial charge in [-0.05, 0) is 36.1 Å². The number of thiazole rings is 1. The molecule has 0 bridgehead atoms. The van der Waals surface area contributed by atoms with Gasteiger partial charge in [0.25, 0.3) is 5.69 Å². The van der Waals surface area contributed by atoms with E-state index in [1.54, 1.807) is 23.5 Å². The van der Waals surface area contributed by atoms with Gasteiger partial charge in [0.05, 0.1) is 21.3 Å². The Bertz CT molecular complexity index is 780. The fourth-order valence-corrected chi connectivity index (χ4v) is 3.78. The van der Waals surface area contributed by atoms with E-state index in [1.165, 1.54) is 23.5 Å². The van der Waals surface area contributed by atoms with Crippen LogP contribution in [0.15, 0.2) is 41.8 Å². The van der Waals surface area contributed by atoms with Gasteiger partial charge in [0.15, 0.2) is 0 Å².